The van der Waals surface area contributed by atoms with E-state index < -0.39 is 255 Å². The standard InChI is InChI=1S/C46H81N3O34/c47-1-2-48-3-4-49-5-12-33-19(56)26(63)40(70-12)78-34-13(6-50)72-42(28(65)21(34)58)80-36-15(8-52)74-44(30(67)23(36)60)82-38-17(10-54)76-46(32(69)25(38)62)83-39-18(11-55)75-45(31(68)24(39)61)81-37-16(9-53)73-43(29(66)22(37)59)79-35-14(7-51)71-41(77-33)27(64)20(35)57/h12-46,48-69H,1-11,47H2/t12-,13-,14-,15-,16-,17-,18-,19-,20-,21-,22-,23-,24-,25-,26-,27-,28+,29-,30+,31-,32-,33-,34-,35-,36-,37-,38-,39-,40-,41-,42-,43-,44-,45-,46-/m1/s1. The highest BCUT2D eigenvalue weighted by Gasteiger charge is 2.59. The van der Waals surface area contributed by atoms with Gasteiger partial charge in [0.2, 0.25) is 0 Å². The minimum atomic E-state index is -2.21. The van der Waals surface area contributed by atoms with Crippen molar-refractivity contribution in [3.63, 3.8) is 0 Å². The van der Waals surface area contributed by atoms with Crippen LogP contribution in [-0.4, -0.2) is 389 Å². The molecule has 21 rings (SSSR count). The largest absolute Gasteiger partial charge is 0.394 e. The molecule has 21 aliphatic rings. The highest BCUT2D eigenvalue weighted by molar-refractivity contribution is 5.02. The number of aliphatic hydroxyl groups excluding tert-OH is 20. The molecule has 0 saturated carbocycles. The Labute approximate surface area is 471 Å². The fraction of sp³-hybridized carbons (Fsp3) is 1.00. The summed E-state index contributed by atoms with van der Waals surface area (Å²) in [5.74, 6) is 0. The van der Waals surface area contributed by atoms with E-state index in [1.165, 1.54) is 0 Å². The average molecular weight is 1220 g/mol. The molecule has 35 atom stereocenters. The molecule has 484 valence electrons. The molecule has 21 saturated heterocycles. The number of rotatable bonds is 13. The number of ether oxygens (including phenoxy) is 14. The highest BCUT2D eigenvalue weighted by atomic mass is 16.8. The van der Waals surface area contributed by atoms with Gasteiger partial charge in [-0.1, -0.05) is 0 Å². The third-order valence-corrected chi connectivity index (χ3v) is 15.7. The summed E-state index contributed by atoms with van der Waals surface area (Å²) < 4.78 is 81.1. The second-order valence-electron chi connectivity index (χ2n) is 21.2. The van der Waals surface area contributed by atoms with E-state index in [2.05, 4.69) is 10.6 Å². The molecule has 0 radical (unpaired) electrons. The Hall–Kier alpha value is -1.48. The van der Waals surface area contributed by atoms with Gasteiger partial charge >= 0.3 is 0 Å². The number of aliphatic hydroxyl groups is 20. The molecule has 14 bridgehead atoms. The van der Waals surface area contributed by atoms with E-state index >= 15 is 0 Å². The lowest BCUT2D eigenvalue weighted by molar-refractivity contribution is -0.396. The van der Waals surface area contributed by atoms with Gasteiger partial charge in [0.05, 0.1) is 39.6 Å². The van der Waals surface area contributed by atoms with Crippen molar-refractivity contribution in [1.82, 2.24) is 10.6 Å². The Kier molecular flexibility index (Phi) is 24.3. The lowest BCUT2D eigenvalue weighted by Gasteiger charge is -2.50. The van der Waals surface area contributed by atoms with Crippen LogP contribution in [0.4, 0.5) is 0 Å². The summed E-state index contributed by atoms with van der Waals surface area (Å²) in [7, 11) is 0. The molecule has 0 aromatic heterocycles. The van der Waals surface area contributed by atoms with Gasteiger partial charge in [0.25, 0.3) is 0 Å². The van der Waals surface area contributed by atoms with Gasteiger partial charge in [0, 0.05) is 32.7 Å². The van der Waals surface area contributed by atoms with Crippen molar-refractivity contribution in [3.05, 3.63) is 0 Å². The van der Waals surface area contributed by atoms with Crippen LogP contribution in [0.25, 0.3) is 0 Å². The van der Waals surface area contributed by atoms with Crippen LogP contribution in [0.1, 0.15) is 0 Å². The zero-order chi connectivity index (χ0) is 60.3. The first-order valence-electron chi connectivity index (χ1n) is 27.1. The van der Waals surface area contributed by atoms with E-state index in [0.29, 0.717) is 19.6 Å². The van der Waals surface area contributed by atoms with Gasteiger partial charge in [-0.15, -0.1) is 0 Å². The molecule has 0 aliphatic carbocycles. The molecule has 0 spiro atoms. The SMILES string of the molecule is NCCNCCNC[C@H]1O[C@@H]2O[C@H]3[C@H](O)[C@H](O)[C@@H](O[C@H]4[C@H](O)[C@H](O)[C@@H](O[C@H]5[C@H](O)[C@@H](O)[C@@H](O[C@H]6[C@H](O)[C@@H](O)[C@@H](O[C@H]7[C@H](O)[C@@H](O)[C@@H](O[C@H]8[C@H](O)[C@@H](O)[C@@H](O[C@H]1[C@H](O)[C@H]2O)O[C@@H]8CO)O[C@@H]7CO)O[C@@H]6CO)O[C@@H]5CO)O[C@@H]4CO)O[C@@H]3CO. The van der Waals surface area contributed by atoms with Gasteiger partial charge in [0.1, 0.15) is 171 Å². The molecular weight excluding hydrogens is 1140 g/mol. The van der Waals surface area contributed by atoms with Gasteiger partial charge in [-0.05, 0) is 0 Å². The summed E-state index contributed by atoms with van der Waals surface area (Å²) in [6.45, 7) is -5.14. The molecule has 0 aromatic rings. The van der Waals surface area contributed by atoms with E-state index in [-0.39, 0.29) is 13.1 Å². The molecule has 21 heterocycles. The molecule has 0 aromatic carbocycles. The molecule has 0 amide bonds. The molecule has 21 aliphatic heterocycles. The second kappa shape index (κ2) is 29.9. The molecule has 21 fully saturated rings. The highest BCUT2D eigenvalue weighted by Crippen LogP contribution is 2.39. The maximum Gasteiger partial charge on any atom is 0.187 e. The second-order valence-corrected chi connectivity index (χ2v) is 21.2. The fourth-order valence-electron chi connectivity index (χ4n) is 11.1. The Balaban J connectivity index is 1.09. The van der Waals surface area contributed by atoms with Crippen molar-refractivity contribution in [2.24, 2.45) is 5.73 Å². The molecule has 83 heavy (non-hydrogen) atoms. The van der Waals surface area contributed by atoms with Crippen molar-refractivity contribution in [2.45, 2.75) is 215 Å². The Morgan fingerprint density at radius 1 is 0.229 bits per heavy atom. The van der Waals surface area contributed by atoms with Crippen molar-refractivity contribution in [1.29, 1.82) is 0 Å². The molecule has 37 heteroatoms. The van der Waals surface area contributed by atoms with Gasteiger partial charge in [0.15, 0.2) is 44.0 Å². The Morgan fingerprint density at radius 3 is 0.602 bits per heavy atom. The Bertz CT molecular complexity index is 1940. The van der Waals surface area contributed by atoms with E-state index in [9.17, 15) is 102 Å². The molecule has 0 unspecified atom stereocenters. The van der Waals surface area contributed by atoms with E-state index in [1.54, 1.807) is 0 Å². The molecule has 37 nitrogen and oxygen atoms in total. The summed E-state index contributed by atoms with van der Waals surface area (Å²) in [4.78, 5) is 0. The number of hydrogen-bond donors (Lipinski definition) is 23. The Morgan fingerprint density at radius 2 is 0.410 bits per heavy atom. The third kappa shape index (κ3) is 14.3. The minimum Gasteiger partial charge on any atom is -0.394 e. The monoisotopic (exact) mass is 1220 g/mol. The van der Waals surface area contributed by atoms with Gasteiger partial charge < -0.3 is 185 Å². The van der Waals surface area contributed by atoms with Crippen LogP contribution in [0, 0.1) is 0 Å². The summed E-state index contributed by atoms with van der Waals surface area (Å²) in [6, 6.07) is 0. The van der Waals surface area contributed by atoms with Crippen LogP contribution in [0.15, 0.2) is 0 Å². The first-order chi connectivity index (χ1) is 39.7. The zero-order valence-corrected chi connectivity index (χ0v) is 44.2. The van der Waals surface area contributed by atoms with Crippen molar-refractivity contribution in [2.75, 3.05) is 72.4 Å². The number of nitrogens with one attached hydrogen (secondary N) is 2. The zero-order valence-electron chi connectivity index (χ0n) is 44.2. The van der Waals surface area contributed by atoms with Crippen LogP contribution in [0.3, 0.4) is 0 Å². The topological polar surface area (TPSA) is 584 Å². The number of nitrogens with two attached hydrogens (primary N) is 1. The summed E-state index contributed by atoms with van der Waals surface area (Å²) in [5.41, 5.74) is 5.56. The van der Waals surface area contributed by atoms with Gasteiger partial charge in [-0.3, -0.25) is 0 Å². The maximum absolute atomic E-state index is 11.7. The predicted molar refractivity (Wildman–Crippen MR) is 256 cm³/mol. The first-order valence-corrected chi connectivity index (χ1v) is 27.1. The van der Waals surface area contributed by atoms with Crippen LogP contribution < -0.4 is 16.4 Å². The first kappa shape index (κ1) is 67.5. The number of hydrogen-bond acceptors (Lipinski definition) is 37. The van der Waals surface area contributed by atoms with Crippen LogP contribution >= 0.6 is 0 Å². The molecule has 24 N–H and O–H groups in total. The third-order valence-electron chi connectivity index (χ3n) is 15.7. The normalized spacial score (nSPS) is 52.2. The summed E-state index contributed by atoms with van der Waals surface area (Å²) in [6.07, 6.45) is -69.2. The summed E-state index contributed by atoms with van der Waals surface area (Å²) in [5, 5.41) is 229. The van der Waals surface area contributed by atoms with E-state index in [0.717, 1.165) is 0 Å². The van der Waals surface area contributed by atoms with Gasteiger partial charge in [-0.25, -0.2) is 0 Å². The average Bonchev–Trinajstić information content (AvgIpc) is 3.66. The van der Waals surface area contributed by atoms with Gasteiger partial charge in [-0.2, -0.15) is 0 Å². The van der Waals surface area contributed by atoms with Crippen molar-refractivity contribution < 1.29 is 168 Å². The van der Waals surface area contributed by atoms with Crippen LogP contribution in [0.5, 0.6) is 0 Å². The van der Waals surface area contributed by atoms with Crippen molar-refractivity contribution >= 4 is 0 Å². The quantitative estimate of drug-likeness (QED) is 0.0762. The molecular formula is C46H81N3O34. The predicted octanol–water partition coefficient (Wildman–Crippen LogP) is -16.1. The fourth-order valence-corrected chi connectivity index (χ4v) is 11.1. The van der Waals surface area contributed by atoms with E-state index in [4.69, 9.17) is 72.0 Å². The van der Waals surface area contributed by atoms with E-state index in [1.807, 2.05) is 0 Å². The van der Waals surface area contributed by atoms with Crippen molar-refractivity contribution in [3.8, 4) is 0 Å². The van der Waals surface area contributed by atoms with Crippen LogP contribution in [-0.2, 0) is 66.3 Å². The summed E-state index contributed by atoms with van der Waals surface area (Å²) >= 11 is 0. The lowest BCUT2D eigenvalue weighted by Crippen LogP contribution is -2.68. The maximum atomic E-state index is 11.7. The lowest BCUT2D eigenvalue weighted by atomic mass is 9.95. The van der Waals surface area contributed by atoms with Crippen LogP contribution in [0.2, 0.25) is 0 Å². The smallest absolute Gasteiger partial charge is 0.187 e. The minimum absolute atomic E-state index is 0.224.